The number of nitrogens with one attached hydrogen (secondary N) is 1. The molecule has 1 atom stereocenters. The molecule has 0 aliphatic heterocycles. The Kier molecular flexibility index (Phi) is 27.6. The number of carbonyl (C=O) groups excluding carboxylic acids is 2. The van der Waals surface area contributed by atoms with Crippen molar-refractivity contribution in [1.29, 1.82) is 0 Å². The third-order valence-electron chi connectivity index (χ3n) is 5.86. The molecule has 5 nitrogen and oxygen atoms in total. The minimum Gasteiger partial charge on any atom is -0.464 e. The molecule has 0 unspecified atom stereocenters. The maximum absolute atomic E-state index is 12.2. The number of unbranched alkanes of at least 4 members (excludes halogenated alkanes) is 15. The molecule has 0 heterocycles. The average Bonchev–Trinajstić information content (AvgIpc) is 2.76. The molecule has 0 aromatic carbocycles. The van der Waals surface area contributed by atoms with Gasteiger partial charge < -0.3 is 15.8 Å². The van der Waals surface area contributed by atoms with Crippen LogP contribution in [0.25, 0.3) is 0 Å². The quantitative estimate of drug-likeness (QED) is 0.125. The van der Waals surface area contributed by atoms with Gasteiger partial charge in [0, 0.05) is 6.42 Å². The van der Waals surface area contributed by atoms with E-state index in [-0.39, 0.29) is 24.3 Å². The van der Waals surface area contributed by atoms with Crippen LogP contribution in [0.5, 0.6) is 0 Å². The molecule has 0 aliphatic carbocycles. The first-order chi connectivity index (χ1) is 15.2. The molecule has 0 aromatic rings. The van der Waals surface area contributed by atoms with Gasteiger partial charge in [0.05, 0.1) is 6.61 Å². The first kappa shape index (κ1) is 33.4. The van der Waals surface area contributed by atoms with Crippen molar-refractivity contribution in [3.8, 4) is 0 Å². The maximum atomic E-state index is 12.2. The lowest BCUT2D eigenvalue weighted by Crippen LogP contribution is -2.41. The maximum Gasteiger partial charge on any atom is 0.328 e. The van der Waals surface area contributed by atoms with Crippen molar-refractivity contribution in [3.63, 3.8) is 0 Å². The molecule has 1 amide bonds. The molecule has 0 bridgehead atoms. The second kappa shape index (κ2) is 26.4. The molecule has 0 aromatic heterocycles. The molecule has 0 aliphatic rings. The van der Waals surface area contributed by atoms with Crippen LogP contribution in [0.15, 0.2) is 0 Å². The van der Waals surface area contributed by atoms with Crippen molar-refractivity contribution in [3.05, 3.63) is 0 Å². The van der Waals surface area contributed by atoms with Gasteiger partial charge in [0.15, 0.2) is 0 Å². The molecule has 192 valence electrons. The Bertz CT molecular complexity index is 422. The Morgan fingerprint density at radius 1 is 0.719 bits per heavy atom. The van der Waals surface area contributed by atoms with E-state index in [0.717, 1.165) is 25.7 Å². The minimum absolute atomic E-state index is 0. The monoisotopic (exact) mass is 476 g/mol. The standard InChI is InChI=1S/C26H52N2O3.ClH/c1-3-5-6-7-8-9-10-11-12-13-14-15-16-17-18-22-25(29)28-24(21-19-20-23-27)26(30)31-4-2;/h24H,3-23,27H2,1-2H3,(H,28,29);1H/t24-;/m0./s1. The van der Waals surface area contributed by atoms with Gasteiger partial charge in [-0.2, -0.15) is 0 Å². The molecule has 32 heavy (non-hydrogen) atoms. The van der Waals surface area contributed by atoms with Crippen LogP contribution in [0.4, 0.5) is 0 Å². The summed E-state index contributed by atoms with van der Waals surface area (Å²) in [6, 6.07) is -0.532. The lowest BCUT2D eigenvalue weighted by molar-refractivity contribution is -0.147. The Labute approximate surface area is 204 Å². The third-order valence-corrected chi connectivity index (χ3v) is 5.86. The normalized spacial score (nSPS) is 11.6. The van der Waals surface area contributed by atoms with E-state index in [0.29, 0.717) is 26.0 Å². The molecule has 0 radical (unpaired) electrons. The van der Waals surface area contributed by atoms with E-state index in [4.69, 9.17) is 10.5 Å². The second-order valence-electron chi connectivity index (χ2n) is 8.86. The minimum atomic E-state index is -0.532. The third kappa shape index (κ3) is 22.4. The van der Waals surface area contributed by atoms with Gasteiger partial charge >= 0.3 is 5.97 Å². The predicted molar refractivity (Wildman–Crippen MR) is 138 cm³/mol. The highest BCUT2D eigenvalue weighted by atomic mass is 35.5. The highest BCUT2D eigenvalue weighted by Crippen LogP contribution is 2.14. The molecular weight excluding hydrogens is 424 g/mol. The molecule has 3 N–H and O–H groups in total. The molecule has 0 spiro atoms. The molecule has 0 rings (SSSR count). The van der Waals surface area contributed by atoms with E-state index < -0.39 is 6.04 Å². The number of nitrogens with two attached hydrogens (primary N) is 1. The van der Waals surface area contributed by atoms with Gasteiger partial charge in [-0.1, -0.05) is 96.8 Å². The first-order valence-electron chi connectivity index (χ1n) is 13.3. The molecule has 0 saturated carbocycles. The molecule has 6 heteroatoms. The summed E-state index contributed by atoms with van der Waals surface area (Å²) in [5, 5.41) is 2.86. The largest absolute Gasteiger partial charge is 0.464 e. The summed E-state index contributed by atoms with van der Waals surface area (Å²) in [5.41, 5.74) is 5.52. The van der Waals surface area contributed by atoms with Crippen molar-refractivity contribution in [1.82, 2.24) is 5.32 Å². The zero-order chi connectivity index (χ0) is 23.0. The van der Waals surface area contributed by atoms with Crippen LogP contribution in [0.1, 0.15) is 136 Å². The Hall–Kier alpha value is -0.810. The van der Waals surface area contributed by atoms with Gasteiger partial charge in [0.2, 0.25) is 5.91 Å². The van der Waals surface area contributed by atoms with E-state index in [1.807, 2.05) is 0 Å². The summed E-state index contributed by atoms with van der Waals surface area (Å²) in [6.07, 6.45) is 22.4. The summed E-state index contributed by atoms with van der Waals surface area (Å²) < 4.78 is 5.08. The SMILES string of the molecule is CCCCCCCCCCCCCCCCCC(=O)N[C@@H](CCCCN)C(=O)OCC.Cl. The number of esters is 1. The lowest BCUT2D eigenvalue weighted by atomic mass is 10.0. The summed E-state index contributed by atoms with van der Waals surface area (Å²) >= 11 is 0. The van der Waals surface area contributed by atoms with Gasteiger partial charge in [0.25, 0.3) is 0 Å². The van der Waals surface area contributed by atoms with Crippen molar-refractivity contribution >= 4 is 24.3 Å². The number of halogens is 1. The van der Waals surface area contributed by atoms with Crippen molar-refractivity contribution in [2.75, 3.05) is 13.2 Å². The summed E-state index contributed by atoms with van der Waals surface area (Å²) in [6.45, 7) is 4.99. The van der Waals surface area contributed by atoms with E-state index >= 15 is 0 Å². The molecule has 0 saturated heterocycles. The summed E-state index contributed by atoms with van der Waals surface area (Å²) in [5.74, 6) is -0.370. The van der Waals surface area contributed by atoms with E-state index in [1.54, 1.807) is 6.92 Å². The number of hydrogen-bond acceptors (Lipinski definition) is 4. The highest BCUT2D eigenvalue weighted by Gasteiger charge is 2.21. The second-order valence-corrected chi connectivity index (χ2v) is 8.86. The zero-order valence-corrected chi connectivity index (χ0v) is 22.0. The van der Waals surface area contributed by atoms with E-state index in [1.165, 1.54) is 83.5 Å². The Morgan fingerprint density at radius 2 is 1.19 bits per heavy atom. The summed E-state index contributed by atoms with van der Waals surface area (Å²) in [4.78, 5) is 24.2. The number of ether oxygens (including phenoxy) is 1. The number of rotatable bonds is 23. The topological polar surface area (TPSA) is 81.4 Å². The number of amides is 1. The van der Waals surface area contributed by atoms with Gasteiger partial charge in [-0.15, -0.1) is 12.4 Å². The first-order valence-corrected chi connectivity index (χ1v) is 13.3. The van der Waals surface area contributed by atoms with Gasteiger partial charge in [-0.05, 0) is 39.2 Å². The van der Waals surface area contributed by atoms with E-state index in [9.17, 15) is 9.59 Å². The molecular formula is C26H53ClN2O3. The van der Waals surface area contributed by atoms with Crippen LogP contribution in [0, 0.1) is 0 Å². The Balaban J connectivity index is 0. The van der Waals surface area contributed by atoms with Crippen molar-refractivity contribution in [2.24, 2.45) is 5.73 Å². The van der Waals surface area contributed by atoms with Crippen LogP contribution in [-0.4, -0.2) is 31.1 Å². The fraction of sp³-hybridized carbons (Fsp3) is 0.923. The van der Waals surface area contributed by atoms with Crippen LogP contribution in [0.3, 0.4) is 0 Å². The number of carbonyl (C=O) groups is 2. The van der Waals surface area contributed by atoms with Gasteiger partial charge in [-0.25, -0.2) is 4.79 Å². The van der Waals surface area contributed by atoms with Crippen LogP contribution in [0.2, 0.25) is 0 Å². The van der Waals surface area contributed by atoms with E-state index in [2.05, 4.69) is 12.2 Å². The van der Waals surface area contributed by atoms with Crippen LogP contribution < -0.4 is 11.1 Å². The van der Waals surface area contributed by atoms with Crippen LogP contribution in [-0.2, 0) is 14.3 Å². The fourth-order valence-corrected chi connectivity index (χ4v) is 3.91. The van der Waals surface area contributed by atoms with Gasteiger partial charge in [-0.3, -0.25) is 4.79 Å². The number of hydrogen-bond donors (Lipinski definition) is 2. The van der Waals surface area contributed by atoms with Gasteiger partial charge in [0.1, 0.15) is 6.04 Å². The predicted octanol–water partition coefficient (Wildman–Crippen LogP) is 6.85. The fourth-order valence-electron chi connectivity index (χ4n) is 3.91. The Morgan fingerprint density at radius 3 is 1.62 bits per heavy atom. The highest BCUT2D eigenvalue weighted by molar-refractivity contribution is 5.85. The van der Waals surface area contributed by atoms with Crippen molar-refractivity contribution < 1.29 is 14.3 Å². The van der Waals surface area contributed by atoms with Crippen LogP contribution >= 0.6 is 12.4 Å². The average molecular weight is 477 g/mol. The smallest absolute Gasteiger partial charge is 0.328 e. The van der Waals surface area contributed by atoms with Crippen molar-refractivity contribution in [2.45, 2.75) is 142 Å². The lowest BCUT2D eigenvalue weighted by Gasteiger charge is -2.17. The zero-order valence-electron chi connectivity index (χ0n) is 21.1. The molecule has 0 fully saturated rings. The summed E-state index contributed by atoms with van der Waals surface area (Å²) in [7, 11) is 0.